The molecule has 3 aromatic carbocycles. The molecule has 3 aromatic rings. The van der Waals surface area contributed by atoms with Gasteiger partial charge in [0.15, 0.2) is 5.75 Å². The molecular formula is C15H9F3O3S. The van der Waals surface area contributed by atoms with Gasteiger partial charge in [-0.05, 0) is 22.2 Å². The lowest BCUT2D eigenvalue weighted by Gasteiger charge is -2.13. The second-order valence-electron chi connectivity index (χ2n) is 4.62. The van der Waals surface area contributed by atoms with Crippen molar-refractivity contribution < 1.29 is 25.8 Å². The molecule has 0 radical (unpaired) electrons. The van der Waals surface area contributed by atoms with Gasteiger partial charge in [-0.15, -0.1) is 0 Å². The van der Waals surface area contributed by atoms with Gasteiger partial charge in [-0.3, -0.25) is 0 Å². The lowest BCUT2D eigenvalue weighted by molar-refractivity contribution is -0.0499. The molecule has 0 aliphatic rings. The minimum atomic E-state index is -5.71. The number of fused-ring (bicyclic) bond motifs is 3. The summed E-state index contributed by atoms with van der Waals surface area (Å²) in [5, 5.41) is 2.31. The molecule has 3 nitrogen and oxygen atoms in total. The van der Waals surface area contributed by atoms with Crippen LogP contribution in [0.1, 0.15) is 0 Å². The third-order valence-corrected chi connectivity index (χ3v) is 4.18. The summed E-state index contributed by atoms with van der Waals surface area (Å²) in [7, 11) is -5.71. The van der Waals surface area contributed by atoms with Crippen LogP contribution in [-0.4, -0.2) is 13.9 Å². The normalized spacial score (nSPS) is 12.7. The molecule has 0 heterocycles. The van der Waals surface area contributed by atoms with Crippen molar-refractivity contribution in [2.75, 3.05) is 0 Å². The van der Waals surface area contributed by atoms with Gasteiger partial charge in [-0.25, -0.2) is 0 Å². The predicted molar refractivity (Wildman–Crippen MR) is 77.1 cm³/mol. The van der Waals surface area contributed by atoms with Crippen molar-refractivity contribution in [3.05, 3.63) is 54.6 Å². The first-order valence-electron chi connectivity index (χ1n) is 6.21. The zero-order valence-electron chi connectivity index (χ0n) is 11.0. The first-order chi connectivity index (χ1) is 10.3. The molecule has 0 saturated heterocycles. The number of halogens is 3. The maximum absolute atomic E-state index is 12.5. The van der Waals surface area contributed by atoms with Crippen LogP contribution in [0.2, 0.25) is 0 Å². The Bertz CT molecular complexity index is 963. The van der Waals surface area contributed by atoms with Crippen LogP contribution >= 0.6 is 0 Å². The molecule has 0 aromatic heterocycles. The Balaban J connectivity index is 2.29. The Kier molecular flexibility index (Phi) is 3.25. The van der Waals surface area contributed by atoms with Gasteiger partial charge in [0.25, 0.3) is 0 Å². The van der Waals surface area contributed by atoms with Crippen molar-refractivity contribution in [1.82, 2.24) is 0 Å². The van der Waals surface area contributed by atoms with Crippen LogP contribution in [0, 0.1) is 0 Å². The minimum Gasteiger partial charge on any atom is -0.375 e. The monoisotopic (exact) mass is 326 g/mol. The number of rotatable bonds is 2. The van der Waals surface area contributed by atoms with E-state index in [1.165, 1.54) is 12.1 Å². The van der Waals surface area contributed by atoms with Crippen LogP contribution in [0.25, 0.3) is 21.5 Å². The zero-order valence-corrected chi connectivity index (χ0v) is 11.8. The Morgan fingerprint density at radius 3 is 2.00 bits per heavy atom. The molecule has 0 unspecified atom stereocenters. The van der Waals surface area contributed by atoms with Gasteiger partial charge in [-0.1, -0.05) is 48.5 Å². The van der Waals surface area contributed by atoms with E-state index in [4.69, 9.17) is 0 Å². The van der Waals surface area contributed by atoms with Crippen LogP contribution < -0.4 is 4.18 Å². The third kappa shape index (κ3) is 2.37. The highest BCUT2D eigenvalue weighted by atomic mass is 32.2. The largest absolute Gasteiger partial charge is 0.534 e. The molecular weight excluding hydrogens is 317 g/mol. The van der Waals surface area contributed by atoms with Crippen molar-refractivity contribution >= 4 is 31.7 Å². The first-order valence-corrected chi connectivity index (χ1v) is 7.62. The van der Waals surface area contributed by atoms with E-state index >= 15 is 0 Å². The van der Waals surface area contributed by atoms with Crippen LogP contribution in [0.5, 0.6) is 5.75 Å². The summed E-state index contributed by atoms with van der Waals surface area (Å²) in [6.45, 7) is 0. The van der Waals surface area contributed by atoms with Gasteiger partial charge in [0.1, 0.15) is 0 Å². The van der Waals surface area contributed by atoms with Crippen molar-refractivity contribution in [2.45, 2.75) is 5.51 Å². The van der Waals surface area contributed by atoms with Crippen molar-refractivity contribution in [1.29, 1.82) is 0 Å². The summed E-state index contributed by atoms with van der Waals surface area (Å²) in [6, 6.07) is 14.8. The van der Waals surface area contributed by atoms with Gasteiger partial charge >= 0.3 is 15.6 Å². The maximum atomic E-state index is 12.5. The lowest BCUT2D eigenvalue weighted by atomic mass is 10.0. The van der Waals surface area contributed by atoms with Crippen molar-refractivity contribution in [3.8, 4) is 5.75 Å². The van der Waals surface area contributed by atoms with Crippen LogP contribution in [0.3, 0.4) is 0 Å². The van der Waals surface area contributed by atoms with Crippen molar-refractivity contribution in [3.63, 3.8) is 0 Å². The van der Waals surface area contributed by atoms with E-state index in [1.54, 1.807) is 42.5 Å². The smallest absolute Gasteiger partial charge is 0.375 e. The van der Waals surface area contributed by atoms with E-state index in [1.807, 2.05) is 0 Å². The number of hydrogen-bond acceptors (Lipinski definition) is 3. The maximum Gasteiger partial charge on any atom is 0.534 e. The highest BCUT2D eigenvalue weighted by Gasteiger charge is 2.48. The fraction of sp³-hybridized carbons (Fsp3) is 0.0667. The molecule has 0 bridgehead atoms. The van der Waals surface area contributed by atoms with Gasteiger partial charge in [-0.2, -0.15) is 21.6 Å². The summed E-state index contributed by atoms with van der Waals surface area (Å²) < 4.78 is 64.4. The molecule has 0 atom stereocenters. The number of alkyl halides is 3. The average molecular weight is 326 g/mol. The van der Waals surface area contributed by atoms with Gasteiger partial charge in [0.2, 0.25) is 0 Å². The zero-order chi connectivity index (χ0) is 16.0. The number of benzene rings is 3. The first kappa shape index (κ1) is 14.6. The van der Waals surface area contributed by atoms with E-state index in [-0.39, 0.29) is 5.75 Å². The third-order valence-electron chi connectivity index (χ3n) is 3.21. The second-order valence-corrected chi connectivity index (χ2v) is 6.16. The molecule has 22 heavy (non-hydrogen) atoms. The molecule has 0 amide bonds. The molecule has 0 fully saturated rings. The average Bonchev–Trinajstić information content (AvgIpc) is 2.46. The standard InChI is InChI=1S/C15H9F3O3S/c16-15(17,18)22(19,20)21-14-9-10-5-1-2-6-11(10)12-7-3-4-8-13(12)14/h1-9H. The summed E-state index contributed by atoms with van der Waals surface area (Å²) in [5.41, 5.74) is -5.47. The Morgan fingerprint density at radius 2 is 1.36 bits per heavy atom. The van der Waals surface area contributed by atoms with E-state index in [2.05, 4.69) is 4.18 Å². The quantitative estimate of drug-likeness (QED) is 0.402. The van der Waals surface area contributed by atoms with E-state index < -0.39 is 15.6 Å². The highest BCUT2D eigenvalue weighted by molar-refractivity contribution is 7.88. The molecule has 114 valence electrons. The predicted octanol–water partition coefficient (Wildman–Crippen LogP) is 4.22. The highest BCUT2D eigenvalue weighted by Crippen LogP contribution is 2.36. The van der Waals surface area contributed by atoms with Crippen molar-refractivity contribution in [2.24, 2.45) is 0 Å². The fourth-order valence-corrected chi connectivity index (χ4v) is 2.72. The summed E-state index contributed by atoms with van der Waals surface area (Å²) in [6.07, 6.45) is 0. The molecule has 3 rings (SSSR count). The molecule has 0 saturated carbocycles. The van der Waals surface area contributed by atoms with E-state index in [9.17, 15) is 21.6 Å². The summed E-state index contributed by atoms with van der Waals surface area (Å²) >= 11 is 0. The fourth-order valence-electron chi connectivity index (χ4n) is 2.25. The molecule has 7 heteroatoms. The molecule has 0 aliphatic carbocycles. The van der Waals surface area contributed by atoms with Crippen LogP contribution in [0.15, 0.2) is 54.6 Å². The van der Waals surface area contributed by atoms with Gasteiger partial charge < -0.3 is 4.18 Å². The molecule has 0 spiro atoms. The lowest BCUT2D eigenvalue weighted by Crippen LogP contribution is -2.28. The Hall–Kier alpha value is -2.28. The van der Waals surface area contributed by atoms with E-state index in [0.717, 1.165) is 5.39 Å². The Morgan fingerprint density at radius 1 is 0.818 bits per heavy atom. The summed E-state index contributed by atoms with van der Waals surface area (Å²) in [5.74, 6) is -0.341. The number of hydrogen-bond donors (Lipinski definition) is 0. The minimum absolute atomic E-state index is 0.300. The van der Waals surface area contributed by atoms with E-state index in [0.29, 0.717) is 16.2 Å². The topological polar surface area (TPSA) is 43.4 Å². The Labute approximate surface area is 124 Å². The van der Waals surface area contributed by atoms with Crippen LogP contribution in [0.4, 0.5) is 13.2 Å². The van der Waals surface area contributed by atoms with Gasteiger partial charge in [0, 0.05) is 5.39 Å². The van der Waals surface area contributed by atoms with Gasteiger partial charge in [0.05, 0.1) is 0 Å². The SMILES string of the molecule is O=S(=O)(Oc1cc2ccccc2c2ccccc12)C(F)(F)F. The second kappa shape index (κ2) is 4.88. The summed E-state index contributed by atoms with van der Waals surface area (Å²) in [4.78, 5) is 0. The molecule has 0 aliphatic heterocycles. The van der Waals surface area contributed by atoms with Crippen LogP contribution in [-0.2, 0) is 10.1 Å². The molecule has 0 N–H and O–H groups in total.